The van der Waals surface area contributed by atoms with Crippen LogP contribution in [0.2, 0.25) is 0 Å². The van der Waals surface area contributed by atoms with E-state index in [1.165, 1.54) is 32.4 Å². The van der Waals surface area contributed by atoms with Gasteiger partial charge < -0.3 is 45.1 Å². The summed E-state index contributed by atoms with van der Waals surface area (Å²) in [6, 6.07) is 0. The second kappa shape index (κ2) is 13.4. The van der Waals surface area contributed by atoms with Gasteiger partial charge in [-0.1, -0.05) is 33.4 Å². The lowest BCUT2D eigenvalue weighted by Crippen LogP contribution is -2.30. The fourth-order valence-corrected chi connectivity index (χ4v) is 8.11. The van der Waals surface area contributed by atoms with Crippen molar-refractivity contribution in [3.05, 3.63) is 22.1 Å². The van der Waals surface area contributed by atoms with E-state index in [1.54, 1.807) is 6.92 Å². The summed E-state index contributed by atoms with van der Waals surface area (Å²) in [5, 5.41) is 0.124. The lowest BCUT2D eigenvalue weighted by molar-refractivity contribution is -0.0616. The largest absolute Gasteiger partial charge is 0.490 e. The molecule has 3 heterocycles. The normalized spacial score (nSPS) is 23.3. The number of aromatic nitrogens is 3. The van der Waals surface area contributed by atoms with Crippen LogP contribution in [0.15, 0.2) is 11.0 Å². The molecule has 3 rings (SSSR count). The Labute approximate surface area is 234 Å². The maximum atomic E-state index is 12.6. The molecule has 2 aromatic heterocycles. The number of nitrogens with one attached hydrogen (secondary N) is 1. The van der Waals surface area contributed by atoms with Gasteiger partial charge >= 0.3 is 23.5 Å². The van der Waals surface area contributed by atoms with Crippen LogP contribution in [0.3, 0.4) is 0 Å². The number of nitrogens with two attached hydrogens (primary N) is 2. The second-order valence-electron chi connectivity index (χ2n) is 7.86. The molecule has 1 aliphatic heterocycles. The number of nitrogens with zero attached hydrogens (tertiary/aromatic N) is 2. The van der Waals surface area contributed by atoms with Crippen LogP contribution in [0, 0.1) is 11.8 Å². The number of anilines is 1. The third-order valence-corrected chi connectivity index (χ3v) is 10.7. The predicted molar refractivity (Wildman–Crippen MR) is 144 cm³/mol. The molecule has 1 aliphatic rings. The zero-order valence-electron chi connectivity index (χ0n) is 20.7. The molecule has 18 nitrogen and oxygen atoms in total. The topological polar surface area (TPSA) is 281 Å². The highest BCUT2D eigenvalue weighted by Gasteiger charge is 2.44. The summed E-state index contributed by atoms with van der Waals surface area (Å²) in [5.41, 5.74) is 10.7. The van der Waals surface area contributed by atoms with Gasteiger partial charge in [-0.15, -0.1) is 0 Å². The van der Waals surface area contributed by atoms with E-state index in [4.69, 9.17) is 35.3 Å². The van der Waals surface area contributed by atoms with E-state index in [-0.39, 0.29) is 35.4 Å². The molecule has 0 aliphatic carbocycles. The Balaban J connectivity index is 1.89. The van der Waals surface area contributed by atoms with Gasteiger partial charge in [0.25, 0.3) is 5.56 Å². The van der Waals surface area contributed by atoms with Gasteiger partial charge in [-0.25, -0.2) is 13.7 Å². The molecule has 3 unspecified atom stereocenters. The van der Waals surface area contributed by atoms with E-state index in [1.807, 2.05) is 6.26 Å². The number of phosphoric ester groups is 1. The van der Waals surface area contributed by atoms with Crippen molar-refractivity contribution in [2.45, 2.75) is 37.2 Å². The maximum Gasteiger partial charge on any atom is 0.490 e. The molecule has 1 saturated heterocycles. The number of ether oxygens (including phenoxy) is 2. The lowest BCUT2D eigenvalue weighted by Gasteiger charge is -2.23. The van der Waals surface area contributed by atoms with Crippen molar-refractivity contribution in [1.29, 1.82) is 0 Å². The zero-order chi connectivity index (χ0) is 29.9. The number of H-pyrrole nitrogens is 1. The highest BCUT2D eigenvalue weighted by atomic mass is 33.1. The number of aromatic amines is 1. The molecule has 224 valence electrons. The highest BCUT2D eigenvalue weighted by molar-refractivity contribution is 8.76. The second-order valence-corrected chi connectivity index (χ2v) is 15.0. The van der Waals surface area contributed by atoms with Crippen LogP contribution in [0.5, 0.6) is 0 Å². The number of nitrogen functional groups attached to an aromatic ring is 1. The Kier molecular flexibility index (Phi) is 11.1. The summed E-state index contributed by atoms with van der Waals surface area (Å²) in [6.07, 6.45) is 0.690. The molecule has 9 N–H and O–H groups in total. The van der Waals surface area contributed by atoms with Gasteiger partial charge in [0.15, 0.2) is 5.65 Å². The van der Waals surface area contributed by atoms with E-state index in [0.29, 0.717) is 5.56 Å². The first-order valence-corrected chi connectivity index (χ1v) is 18.1. The van der Waals surface area contributed by atoms with Gasteiger partial charge in [0.1, 0.15) is 17.8 Å². The quantitative estimate of drug-likeness (QED) is 0.0720. The lowest BCUT2D eigenvalue weighted by atomic mass is 10.2. The van der Waals surface area contributed by atoms with Crippen LogP contribution in [0.4, 0.5) is 5.95 Å². The predicted octanol–water partition coefficient (Wildman–Crippen LogP) is 0.990. The maximum absolute atomic E-state index is 12.6. The molecule has 0 bridgehead atoms. The van der Waals surface area contributed by atoms with E-state index < -0.39 is 54.1 Å². The zero-order valence-corrected chi connectivity index (χ0v) is 25.0. The molecule has 2 aromatic rings. The third kappa shape index (κ3) is 9.13. The van der Waals surface area contributed by atoms with Crippen molar-refractivity contribution in [2.24, 2.45) is 5.73 Å². The molecular formula is C17H26N5O13P3S2. The summed E-state index contributed by atoms with van der Waals surface area (Å²) in [7, 11) is -13.9. The first-order chi connectivity index (χ1) is 18.5. The molecule has 1 fully saturated rings. The standard InChI is InChI=1S/C17H26N5O13P3S2/c1-9(40-39-2)32-11-6-13(22-7-10(4-3-5-18)14-15(22)20-17(19)21-16(14)23)33-12(11)8-31-37(27,28)35-38(29,30)34-36(24,25)26/h7,9,11-13H,5-6,8,18H2,1-2H3,(H,27,28)(H,29,30)(H2,24,25,26)(H3,19,20,21,23)/t9-,11?,12-,13-/m1/s1. The monoisotopic (exact) mass is 665 g/mol. The van der Waals surface area contributed by atoms with E-state index >= 15 is 0 Å². The van der Waals surface area contributed by atoms with Gasteiger partial charge in [0.05, 0.1) is 30.2 Å². The third-order valence-electron chi connectivity index (χ3n) is 4.93. The van der Waals surface area contributed by atoms with Crippen molar-refractivity contribution in [3.63, 3.8) is 0 Å². The Morgan fingerprint density at radius 3 is 2.60 bits per heavy atom. The smallest absolute Gasteiger partial charge is 0.369 e. The van der Waals surface area contributed by atoms with Crippen molar-refractivity contribution >= 4 is 62.0 Å². The highest BCUT2D eigenvalue weighted by Crippen LogP contribution is 2.66. The number of rotatable bonds is 12. The Morgan fingerprint density at radius 1 is 1.27 bits per heavy atom. The van der Waals surface area contributed by atoms with Crippen molar-refractivity contribution < 1.29 is 55.9 Å². The van der Waals surface area contributed by atoms with Crippen LogP contribution in [-0.2, 0) is 36.3 Å². The Bertz CT molecular complexity index is 1490. The SMILES string of the molecule is CSS[C@H](C)OC1C[C@H](n2cc(C#CCN)c3c(=O)[nH]c(N)nc32)O[C@@H]1COP(=O)(O)OP(=O)(O)OP(=O)(O)O. The van der Waals surface area contributed by atoms with Crippen LogP contribution in [0.25, 0.3) is 11.0 Å². The average molecular weight is 665 g/mol. The van der Waals surface area contributed by atoms with Crippen LogP contribution in [0.1, 0.15) is 25.1 Å². The van der Waals surface area contributed by atoms with Gasteiger partial charge in [-0.2, -0.15) is 13.6 Å². The molecule has 23 heteroatoms. The minimum atomic E-state index is -5.71. The molecule has 0 saturated carbocycles. The number of hydrogen-bond acceptors (Lipinski definition) is 14. The molecule has 0 spiro atoms. The minimum Gasteiger partial charge on any atom is -0.369 e. The summed E-state index contributed by atoms with van der Waals surface area (Å²) in [6.45, 7) is 1.04. The molecule has 0 aromatic carbocycles. The van der Waals surface area contributed by atoms with E-state index in [9.17, 15) is 28.3 Å². The van der Waals surface area contributed by atoms with Gasteiger partial charge in [-0.3, -0.25) is 14.3 Å². The van der Waals surface area contributed by atoms with Gasteiger partial charge in [0.2, 0.25) is 5.95 Å². The fraction of sp³-hybridized carbons (Fsp3) is 0.529. The summed E-state index contributed by atoms with van der Waals surface area (Å²) < 4.78 is 60.5. The molecular weight excluding hydrogens is 639 g/mol. The minimum absolute atomic E-state index is 0.0243. The van der Waals surface area contributed by atoms with Crippen LogP contribution < -0.4 is 17.0 Å². The summed E-state index contributed by atoms with van der Waals surface area (Å²) in [4.78, 5) is 55.8. The van der Waals surface area contributed by atoms with Gasteiger partial charge in [0, 0.05) is 12.6 Å². The van der Waals surface area contributed by atoms with Crippen LogP contribution >= 0.6 is 45.1 Å². The molecule has 6 atom stereocenters. The first kappa shape index (κ1) is 33.3. The molecule has 40 heavy (non-hydrogen) atoms. The number of fused-ring (bicyclic) bond motifs is 1. The number of phosphoric acid groups is 3. The van der Waals surface area contributed by atoms with Crippen molar-refractivity contribution in [2.75, 3.05) is 25.1 Å². The van der Waals surface area contributed by atoms with E-state index in [0.717, 1.165) is 0 Å². The molecule has 0 radical (unpaired) electrons. The van der Waals surface area contributed by atoms with Crippen LogP contribution in [-0.4, -0.2) is 71.2 Å². The summed E-state index contributed by atoms with van der Waals surface area (Å²) in [5.74, 6) is 5.27. The Morgan fingerprint density at radius 2 is 1.98 bits per heavy atom. The van der Waals surface area contributed by atoms with Crippen molar-refractivity contribution in [3.8, 4) is 11.8 Å². The average Bonchev–Trinajstić information content (AvgIpc) is 3.35. The fourth-order valence-electron chi connectivity index (χ4n) is 3.67. The Hall–Kier alpha value is -1.23. The number of hydrogen-bond donors (Lipinski definition) is 7. The van der Waals surface area contributed by atoms with Gasteiger partial charge in [-0.05, 0) is 13.2 Å². The summed E-state index contributed by atoms with van der Waals surface area (Å²) >= 11 is 0. The molecule has 0 amide bonds. The first-order valence-electron chi connectivity index (χ1n) is 10.9. The van der Waals surface area contributed by atoms with Crippen molar-refractivity contribution in [1.82, 2.24) is 14.5 Å². The van der Waals surface area contributed by atoms with E-state index in [2.05, 4.69) is 30.4 Å².